The zero-order valence-corrected chi connectivity index (χ0v) is 12.7. The van der Waals surface area contributed by atoms with E-state index in [0.29, 0.717) is 24.5 Å². The lowest BCUT2D eigenvalue weighted by Gasteiger charge is -2.15. The van der Waals surface area contributed by atoms with Crippen molar-refractivity contribution in [2.24, 2.45) is 0 Å². The van der Waals surface area contributed by atoms with E-state index in [1.54, 1.807) is 18.2 Å². The summed E-state index contributed by atoms with van der Waals surface area (Å²) in [7, 11) is 1.42. The Labute approximate surface area is 124 Å². The van der Waals surface area contributed by atoms with Crippen LogP contribution in [0.25, 0.3) is 0 Å². The average molecular weight is 303 g/mol. The first-order chi connectivity index (χ1) is 10.0. The SMILES string of the molecule is COc1cccc(CNCCCOC(C)C)c1OC(F)F. The van der Waals surface area contributed by atoms with Gasteiger partial charge in [0.05, 0.1) is 13.2 Å². The average Bonchev–Trinajstić information content (AvgIpc) is 2.43. The van der Waals surface area contributed by atoms with E-state index in [0.717, 1.165) is 13.0 Å². The number of para-hydroxylation sites is 1. The normalized spacial score (nSPS) is 11.2. The lowest BCUT2D eigenvalue weighted by molar-refractivity contribution is -0.0518. The Balaban J connectivity index is 2.50. The summed E-state index contributed by atoms with van der Waals surface area (Å²) in [5, 5.41) is 3.18. The lowest BCUT2D eigenvalue weighted by atomic mass is 10.2. The van der Waals surface area contributed by atoms with Gasteiger partial charge in [0.25, 0.3) is 0 Å². The second kappa shape index (κ2) is 9.52. The number of nitrogens with one attached hydrogen (secondary N) is 1. The van der Waals surface area contributed by atoms with Crippen LogP contribution in [0.5, 0.6) is 11.5 Å². The minimum atomic E-state index is -2.88. The number of rotatable bonds is 10. The van der Waals surface area contributed by atoms with Crippen LogP contribution >= 0.6 is 0 Å². The van der Waals surface area contributed by atoms with Crippen LogP contribution in [0.3, 0.4) is 0 Å². The Hall–Kier alpha value is -1.40. The van der Waals surface area contributed by atoms with Gasteiger partial charge in [0, 0.05) is 18.7 Å². The first-order valence-electron chi connectivity index (χ1n) is 6.97. The molecule has 0 radical (unpaired) electrons. The van der Waals surface area contributed by atoms with Gasteiger partial charge in [-0.2, -0.15) is 8.78 Å². The molecule has 1 aromatic carbocycles. The van der Waals surface area contributed by atoms with Crippen molar-refractivity contribution < 1.29 is 23.0 Å². The van der Waals surface area contributed by atoms with Crippen LogP contribution < -0.4 is 14.8 Å². The Morgan fingerprint density at radius 3 is 2.62 bits per heavy atom. The number of alkyl halides is 2. The monoisotopic (exact) mass is 303 g/mol. The molecule has 4 nitrogen and oxygen atoms in total. The van der Waals surface area contributed by atoms with Crippen molar-refractivity contribution in [3.05, 3.63) is 23.8 Å². The molecule has 0 aliphatic rings. The standard InChI is InChI=1S/C15H23F2NO3/c1-11(2)20-9-5-8-18-10-12-6-4-7-13(19-3)14(12)21-15(16)17/h4,6-7,11,15,18H,5,8-10H2,1-3H3. The maximum Gasteiger partial charge on any atom is 0.387 e. The van der Waals surface area contributed by atoms with Crippen LogP contribution in [-0.2, 0) is 11.3 Å². The maximum atomic E-state index is 12.5. The van der Waals surface area contributed by atoms with Crippen LogP contribution in [0.15, 0.2) is 18.2 Å². The summed E-state index contributed by atoms with van der Waals surface area (Å²) in [4.78, 5) is 0. The Kier molecular flexibility index (Phi) is 8.00. The highest BCUT2D eigenvalue weighted by molar-refractivity contribution is 5.46. The van der Waals surface area contributed by atoms with E-state index >= 15 is 0 Å². The number of halogens is 2. The Morgan fingerprint density at radius 2 is 2.00 bits per heavy atom. The van der Waals surface area contributed by atoms with Gasteiger partial charge in [0.15, 0.2) is 11.5 Å². The molecule has 0 atom stereocenters. The summed E-state index contributed by atoms with van der Waals surface area (Å²) in [5.74, 6) is 0.388. The second-order valence-electron chi connectivity index (χ2n) is 4.78. The van der Waals surface area contributed by atoms with Gasteiger partial charge in [-0.15, -0.1) is 0 Å². The van der Waals surface area contributed by atoms with Crippen molar-refractivity contribution in [1.82, 2.24) is 5.32 Å². The topological polar surface area (TPSA) is 39.7 Å². The molecule has 0 saturated heterocycles. The van der Waals surface area contributed by atoms with Crippen LogP contribution in [0.2, 0.25) is 0 Å². The minimum Gasteiger partial charge on any atom is -0.493 e. The largest absolute Gasteiger partial charge is 0.493 e. The van der Waals surface area contributed by atoms with Gasteiger partial charge < -0.3 is 19.5 Å². The molecule has 0 aliphatic heterocycles. The number of hydrogen-bond donors (Lipinski definition) is 1. The van der Waals surface area contributed by atoms with Crippen LogP contribution in [-0.4, -0.2) is 33.0 Å². The van der Waals surface area contributed by atoms with E-state index in [2.05, 4.69) is 10.1 Å². The highest BCUT2D eigenvalue weighted by Crippen LogP contribution is 2.32. The fourth-order valence-corrected chi connectivity index (χ4v) is 1.82. The summed E-state index contributed by atoms with van der Waals surface area (Å²) >= 11 is 0. The number of hydrogen-bond acceptors (Lipinski definition) is 4. The molecule has 1 N–H and O–H groups in total. The summed E-state index contributed by atoms with van der Waals surface area (Å²) in [6.07, 6.45) is 1.07. The van der Waals surface area contributed by atoms with Crippen molar-refractivity contribution in [2.75, 3.05) is 20.3 Å². The van der Waals surface area contributed by atoms with Gasteiger partial charge in [-0.25, -0.2) is 0 Å². The molecule has 0 aromatic heterocycles. The number of methoxy groups -OCH3 is 1. The third-order valence-electron chi connectivity index (χ3n) is 2.75. The second-order valence-corrected chi connectivity index (χ2v) is 4.78. The van der Waals surface area contributed by atoms with E-state index in [4.69, 9.17) is 9.47 Å². The molecule has 120 valence electrons. The number of ether oxygens (including phenoxy) is 3. The van der Waals surface area contributed by atoms with E-state index in [1.807, 2.05) is 13.8 Å². The molecule has 6 heteroatoms. The van der Waals surface area contributed by atoms with Crippen molar-refractivity contribution in [3.63, 3.8) is 0 Å². The molecule has 1 aromatic rings. The molecule has 0 spiro atoms. The van der Waals surface area contributed by atoms with E-state index in [9.17, 15) is 8.78 Å². The minimum absolute atomic E-state index is 0.0842. The third-order valence-corrected chi connectivity index (χ3v) is 2.75. The third kappa shape index (κ3) is 6.73. The molecular weight excluding hydrogens is 280 g/mol. The molecule has 0 bridgehead atoms. The zero-order valence-electron chi connectivity index (χ0n) is 12.7. The maximum absolute atomic E-state index is 12.5. The van der Waals surface area contributed by atoms with Crippen LogP contribution in [0.4, 0.5) is 8.78 Å². The summed E-state index contributed by atoms with van der Waals surface area (Å²) in [6.45, 7) is 2.93. The molecule has 0 unspecified atom stereocenters. The van der Waals surface area contributed by atoms with Crippen molar-refractivity contribution in [3.8, 4) is 11.5 Å². The van der Waals surface area contributed by atoms with Gasteiger partial charge in [-0.1, -0.05) is 12.1 Å². The highest BCUT2D eigenvalue weighted by atomic mass is 19.3. The van der Waals surface area contributed by atoms with Crippen molar-refractivity contribution in [2.45, 2.75) is 39.5 Å². The molecule has 0 aliphatic carbocycles. The highest BCUT2D eigenvalue weighted by Gasteiger charge is 2.14. The molecule has 1 rings (SSSR count). The molecule has 0 heterocycles. The molecule has 21 heavy (non-hydrogen) atoms. The predicted molar refractivity (Wildman–Crippen MR) is 77.0 cm³/mol. The van der Waals surface area contributed by atoms with E-state index in [1.165, 1.54) is 7.11 Å². The smallest absolute Gasteiger partial charge is 0.387 e. The quantitative estimate of drug-likeness (QED) is 0.674. The Bertz CT molecular complexity index is 414. The van der Waals surface area contributed by atoms with Gasteiger partial charge in [-0.05, 0) is 32.9 Å². The van der Waals surface area contributed by atoms with Gasteiger partial charge >= 0.3 is 6.61 Å². The Morgan fingerprint density at radius 1 is 1.24 bits per heavy atom. The molecule has 0 saturated carbocycles. The van der Waals surface area contributed by atoms with Crippen molar-refractivity contribution >= 4 is 0 Å². The lowest BCUT2D eigenvalue weighted by Crippen LogP contribution is -2.18. The van der Waals surface area contributed by atoms with Crippen LogP contribution in [0.1, 0.15) is 25.8 Å². The van der Waals surface area contributed by atoms with Gasteiger partial charge in [0.2, 0.25) is 0 Å². The number of benzene rings is 1. The first-order valence-corrected chi connectivity index (χ1v) is 6.97. The predicted octanol–water partition coefficient (Wildman–Crippen LogP) is 3.20. The first kappa shape index (κ1) is 17.7. The molecule has 0 amide bonds. The van der Waals surface area contributed by atoms with Gasteiger partial charge in [-0.3, -0.25) is 0 Å². The fraction of sp³-hybridized carbons (Fsp3) is 0.600. The zero-order chi connectivity index (χ0) is 15.7. The summed E-state index contributed by atoms with van der Waals surface area (Å²) in [6, 6.07) is 5.07. The van der Waals surface area contributed by atoms with Gasteiger partial charge in [0.1, 0.15) is 0 Å². The summed E-state index contributed by atoms with van der Waals surface area (Å²) < 4.78 is 40.0. The van der Waals surface area contributed by atoms with E-state index < -0.39 is 6.61 Å². The summed E-state index contributed by atoms with van der Waals surface area (Å²) in [5.41, 5.74) is 0.638. The molecular formula is C15H23F2NO3. The van der Waals surface area contributed by atoms with Crippen LogP contribution in [0, 0.1) is 0 Å². The van der Waals surface area contributed by atoms with Crippen molar-refractivity contribution in [1.29, 1.82) is 0 Å². The fourth-order valence-electron chi connectivity index (χ4n) is 1.82. The van der Waals surface area contributed by atoms with E-state index in [-0.39, 0.29) is 11.9 Å². The molecule has 0 fully saturated rings.